The van der Waals surface area contributed by atoms with Crippen molar-refractivity contribution in [2.75, 3.05) is 13.2 Å². The molecule has 0 aromatic rings. The van der Waals surface area contributed by atoms with Crippen LogP contribution >= 0.6 is 0 Å². The molecule has 6 nitrogen and oxygen atoms in total. The van der Waals surface area contributed by atoms with Gasteiger partial charge in [-0.3, -0.25) is 9.59 Å². The molecule has 1 rings (SSSR count). The summed E-state index contributed by atoms with van der Waals surface area (Å²) >= 11 is 0. The maximum atomic E-state index is 11.7. The van der Waals surface area contributed by atoms with E-state index < -0.39 is 0 Å². The highest BCUT2D eigenvalue weighted by Crippen LogP contribution is 2.20. The minimum atomic E-state index is -0.319. The predicted octanol–water partition coefficient (Wildman–Crippen LogP) is 1.38. The van der Waals surface area contributed by atoms with Gasteiger partial charge in [0.1, 0.15) is 13.2 Å². The molecule has 2 amide bonds. The average Bonchev–Trinajstić information content (AvgIpc) is 2.29. The molecule has 0 aromatic heterocycles. The van der Waals surface area contributed by atoms with Gasteiger partial charge in [0.15, 0.2) is 0 Å². The fourth-order valence-electron chi connectivity index (χ4n) is 1.96. The molecule has 1 fully saturated rings. The molecular weight excluding hydrogens is 284 g/mol. The summed E-state index contributed by atoms with van der Waals surface area (Å²) in [7, 11) is 0. The molecule has 0 aliphatic heterocycles. The van der Waals surface area contributed by atoms with Crippen LogP contribution < -0.4 is 10.6 Å². The zero-order chi connectivity index (χ0) is 17.0. The maximum Gasteiger partial charge on any atom is 0.246 e. The molecule has 0 heterocycles. The van der Waals surface area contributed by atoms with Crippen molar-refractivity contribution < 1.29 is 19.1 Å². The third-order valence-corrected chi connectivity index (χ3v) is 3.14. The molecule has 0 spiro atoms. The molecule has 0 atom stereocenters. The van der Waals surface area contributed by atoms with Crippen LogP contribution in [0.3, 0.4) is 0 Å². The molecule has 2 N–H and O–H groups in total. The first kappa shape index (κ1) is 18.9. The van der Waals surface area contributed by atoms with Crippen LogP contribution in [0.2, 0.25) is 0 Å². The molecule has 22 heavy (non-hydrogen) atoms. The van der Waals surface area contributed by atoms with Crippen LogP contribution in [0.4, 0.5) is 0 Å². The molecule has 0 unspecified atom stereocenters. The van der Waals surface area contributed by atoms with Crippen molar-refractivity contribution in [1.29, 1.82) is 0 Å². The van der Waals surface area contributed by atoms with Crippen LogP contribution in [0.25, 0.3) is 0 Å². The van der Waals surface area contributed by atoms with E-state index in [0.29, 0.717) is 0 Å². The average molecular weight is 314 g/mol. The Kier molecular flexibility index (Phi) is 6.38. The first-order chi connectivity index (χ1) is 9.94. The summed E-state index contributed by atoms with van der Waals surface area (Å²) in [5.74, 6) is -0.221. The van der Waals surface area contributed by atoms with Crippen LogP contribution in [-0.4, -0.2) is 48.3 Å². The molecule has 1 aliphatic carbocycles. The lowest BCUT2D eigenvalue weighted by molar-refractivity contribution is -0.133. The maximum absolute atomic E-state index is 11.7. The van der Waals surface area contributed by atoms with E-state index in [1.807, 2.05) is 41.5 Å². The Morgan fingerprint density at radius 3 is 1.41 bits per heavy atom. The standard InChI is InChI=1S/C16H30N2O4/c1-15(2,3)21-9-13(19)17-11-7-12(8-11)18-14(20)10-22-16(4,5)6/h11-12H,7-10H2,1-6H3,(H,17,19)(H,18,20). The highest BCUT2D eigenvalue weighted by molar-refractivity contribution is 5.78. The second-order valence-electron chi connectivity index (χ2n) is 7.80. The van der Waals surface area contributed by atoms with Crippen LogP contribution in [0.15, 0.2) is 0 Å². The topological polar surface area (TPSA) is 76.7 Å². The van der Waals surface area contributed by atoms with Crippen LogP contribution in [0.1, 0.15) is 54.4 Å². The summed E-state index contributed by atoms with van der Waals surface area (Å²) in [5, 5.41) is 5.80. The van der Waals surface area contributed by atoms with Crippen LogP contribution in [0, 0.1) is 0 Å². The highest BCUT2D eigenvalue weighted by Gasteiger charge is 2.31. The van der Waals surface area contributed by atoms with Gasteiger partial charge in [-0.2, -0.15) is 0 Å². The van der Waals surface area contributed by atoms with Gasteiger partial charge in [-0.1, -0.05) is 0 Å². The summed E-state index contributed by atoms with van der Waals surface area (Å²) in [4.78, 5) is 23.4. The van der Waals surface area contributed by atoms with E-state index in [0.717, 1.165) is 12.8 Å². The quantitative estimate of drug-likeness (QED) is 0.776. The van der Waals surface area contributed by atoms with Crippen LogP contribution in [-0.2, 0) is 19.1 Å². The van der Waals surface area contributed by atoms with Crippen molar-refractivity contribution in [2.45, 2.75) is 77.7 Å². The molecule has 0 radical (unpaired) electrons. The summed E-state index contributed by atoms with van der Waals surface area (Å²) in [6, 6.07) is 0.231. The molecule has 0 aromatic carbocycles. The monoisotopic (exact) mass is 314 g/mol. The molecule has 0 bridgehead atoms. The zero-order valence-corrected chi connectivity index (χ0v) is 14.6. The predicted molar refractivity (Wildman–Crippen MR) is 84.5 cm³/mol. The van der Waals surface area contributed by atoms with Gasteiger partial charge in [-0.05, 0) is 54.4 Å². The summed E-state index contributed by atoms with van der Waals surface area (Å²) in [6.07, 6.45) is 1.50. The Labute approximate surface area is 133 Å². The Balaban J connectivity index is 2.13. The van der Waals surface area contributed by atoms with Crippen molar-refractivity contribution in [1.82, 2.24) is 10.6 Å². The second-order valence-corrected chi connectivity index (χ2v) is 7.80. The largest absolute Gasteiger partial charge is 0.366 e. The molecule has 128 valence electrons. The lowest BCUT2D eigenvalue weighted by Gasteiger charge is -2.36. The van der Waals surface area contributed by atoms with Gasteiger partial charge in [0.05, 0.1) is 11.2 Å². The molecule has 1 aliphatic rings. The molecule has 0 saturated heterocycles. The minimum Gasteiger partial charge on any atom is -0.366 e. The SMILES string of the molecule is CC(C)(C)OCC(=O)NC1CC(NC(=O)COC(C)(C)C)C1. The van der Waals surface area contributed by atoms with Gasteiger partial charge in [-0.15, -0.1) is 0 Å². The Bertz CT molecular complexity index is 354. The third kappa shape index (κ3) is 8.34. The van der Waals surface area contributed by atoms with Gasteiger partial charge in [0.25, 0.3) is 0 Å². The number of hydrogen-bond acceptors (Lipinski definition) is 4. The van der Waals surface area contributed by atoms with E-state index in [1.165, 1.54) is 0 Å². The fraction of sp³-hybridized carbons (Fsp3) is 0.875. The summed E-state index contributed by atoms with van der Waals surface area (Å²) < 4.78 is 10.8. The smallest absolute Gasteiger partial charge is 0.246 e. The second kappa shape index (κ2) is 7.42. The van der Waals surface area contributed by atoms with E-state index in [2.05, 4.69) is 10.6 Å². The number of ether oxygens (including phenoxy) is 2. The number of carbonyl (C=O) groups excluding carboxylic acids is 2. The number of rotatable bonds is 6. The van der Waals surface area contributed by atoms with Gasteiger partial charge >= 0.3 is 0 Å². The van der Waals surface area contributed by atoms with Gasteiger partial charge in [-0.25, -0.2) is 0 Å². The van der Waals surface area contributed by atoms with Gasteiger partial charge in [0.2, 0.25) is 11.8 Å². The van der Waals surface area contributed by atoms with E-state index >= 15 is 0 Å². The van der Waals surface area contributed by atoms with E-state index in [1.54, 1.807) is 0 Å². The van der Waals surface area contributed by atoms with Gasteiger partial charge in [0, 0.05) is 12.1 Å². The Hall–Kier alpha value is -1.14. The van der Waals surface area contributed by atoms with E-state index in [-0.39, 0.29) is 48.3 Å². The lowest BCUT2D eigenvalue weighted by atomic mass is 9.86. The normalized spacial score (nSPS) is 21.9. The Morgan fingerprint density at radius 1 is 0.818 bits per heavy atom. The van der Waals surface area contributed by atoms with Crippen LogP contribution in [0.5, 0.6) is 0 Å². The van der Waals surface area contributed by atoms with Crippen molar-refractivity contribution in [2.24, 2.45) is 0 Å². The summed E-state index contributed by atoms with van der Waals surface area (Å²) in [6.45, 7) is 11.6. The molecule has 6 heteroatoms. The van der Waals surface area contributed by atoms with Crippen molar-refractivity contribution in [3.05, 3.63) is 0 Å². The zero-order valence-electron chi connectivity index (χ0n) is 14.6. The third-order valence-electron chi connectivity index (χ3n) is 3.14. The van der Waals surface area contributed by atoms with Crippen molar-refractivity contribution in [3.63, 3.8) is 0 Å². The highest BCUT2D eigenvalue weighted by atomic mass is 16.5. The fourth-order valence-corrected chi connectivity index (χ4v) is 1.96. The van der Waals surface area contributed by atoms with Crippen molar-refractivity contribution in [3.8, 4) is 0 Å². The number of carbonyl (C=O) groups is 2. The Morgan fingerprint density at radius 2 is 1.14 bits per heavy atom. The molecule has 1 saturated carbocycles. The first-order valence-corrected chi connectivity index (χ1v) is 7.81. The molecular formula is C16H30N2O4. The summed E-state index contributed by atoms with van der Waals surface area (Å²) in [5.41, 5.74) is -0.638. The number of amides is 2. The van der Waals surface area contributed by atoms with Gasteiger partial charge < -0.3 is 20.1 Å². The van der Waals surface area contributed by atoms with E-state index in [4.69, 9.17) is 9.47 Å². The number of hydrogen-bond donors (Lipinski definition) is 2. The first-order valence-electron chi connectivity index (χ1n) is 7.81. The van der Waals surface area contributed by atoms with Crippen molar-refractivity contribution >= 4 is 11.8 Å². The minimum absolute atomic E-state index is 0.0659. The van der Waals surface area contributed by atoms with E-state index in [9.17, 15) is 9.59 Å². The lowest BCUT2D eigenvalue weighted by Crippen LogP contribution is -2.55. The number of nitrogens with one attached hydrogen (secondary N) is 2.